The van der Waals surface area contributed by atoms with Crippen LogP contribution in [-0.2, 0) is 13.1 Å². The van der Waals surface area contributed by atoms with E-state index >= 15 is 0 Å². The summed E-state index contributed by atoms with van der Waals surface area (Å²) in [5, 5.41) is 7.55. The number of terminal acetylenes is 1. The van der Waals surface area contributed by atoms with Gasteiger partial charge in [0.05, 0.1) is 12.7 Å². The van der Waals surface area contributed by atoms with E-state index in [9.17, 15) is 0 Å². The van der Waals surface area contributed by atoms with Crippen molar-refractivity contribution < 1.29 is 0 Å². The number of rotatable bonds is 5. The standard InChI is InChI=1S/C11H17N3/c1-4-5-6-14-9-11(8-13-14)7-12-10(2)3/h1,8-10,12H,5-7H2,2-3H3. The first-order valence-corrected chi connectivity index (χ1v) is 4.90. The summed E-state index contributed by atoms with van der Waals surface area (Å²) in [5.74, 6) is 2.60. The molecule has 1 aromatic heterocycles. The largest absolute Gasteiger partial charge is 0.310 e. The Balaban J connectivity index is 2.39. The lowest BCUT2D eigenvalue weighted by atomic mass is 10.3. The molecule has 0 aliphatic carbocycles. The lowest BCUT2D eigenvalue weighted by molar-refractivity contribution is 0.587. The molecule has 1 aromatic rings. The maximum Gasteiger partial charge on any atom is 0.0534 e. The predicted octanol–water partition coefficient (Wildman–Crippen LogP) is 1.40. The molecule has 0 aliphatic heterocycles. The second-order valence-electron chi connectivity index (χ2n) is 3.60. The molecule has 14 heavy (non-hydrogen) atoms. The van der Waals surface area contributed by atoms with E-state index in [4.69, 9.17) is 6.42 Å². The summed E-state index contributed by atoms with van der Waals surface area (Å²) in [5.41, 5.74) is 1.20. The Bertz CT molecular complexity index is 307. The average Bonchev–Trinajstić information content (AvgIpc) is 2.59. The minimum absolute atomic E-state index is 0.504. The lowest BCUT2D eigenvalue weighted by Gasteiger charge is -2.04. The fourth-order valence-electron chi connectivity index (χ4n) is 1.12. The van der Waals surface area contributed by atoms with Crippen molar-refractivity contribution >= 4 is 0 Å². The maximum atomic E-state index is 5.18. The van der Waals surface area contributed by atoms with E-state index in [0.717, 1.165) is 19.5 Å². The Morgan fingerprint density at radius 3 is 3.07 bits per heavy atom. The van der Waals surface area contributed by atoms with Crippen LogP contribution in [-0.4, -0.2) is 15.8 Å². The molecule has 1 N–H and O–H groups in total. The van der Waals surface area contributed by atoms with Gasteiger partial charge in [0.1, 0.15) is 0 Å². The predicted molar refractivity (Wildman–Crippen MR) is 57.7 cm³/mol. The van der Waals surface area contributed by atoms with Gasteiger partial charge in [-0.1, -0.05) is 13.8 Å². The Hall–Kier alpha value is -1.27. The third kappa shape index (κ3) is 3.63. The Labute approximate surface area is 85.5 Å². The van der Waals surface area contributed by atoms with Crippen LogP contribution in [0.15, 0.2) is 12.4 Å². The van der Waals surface area contributed by atoms with E-state index in [2.05, 4.69) is 30.2 Å². The molecular formula is C11H17N3. The van der Waals surface area contributed by atoms with Crippen molar-refractivity contribution in [2.24, 2.45) is 0 Å². The van der Waals surface area contributed by atoms with Crippen molar-refractivity contribution in [3.63, 3.8) is 0 Å². The molecule has 0 aromatic carbocycles. The monoisotopic (exact) mass is 191 g/mol. The number of aryl methyl sites for hydroxylation is 1. The van der Waals surface area contributed by atoms with Crippen LogP contribution < -0.4 is 5.32 Å². The molecule has 0 bridgehead atoms. The van der Waals surface area contributed by atoms with Crippen LogP contribution in [0.2, 0.25) is 0 Å². The average molecular weight is 191 g/mol. The topological polar surface area (TPSA) is 29.9 Å². The van der Waals surface area contributed by atoms with Crippen molar-refractivity contribution in [3.8, 4) is 12.3 Å². The first-order valence-electron chi connectivity index (χ1n) is 4.90. The smallest absolute Gasteiger partial charge is 0.0534 e. The van der Waals surface area contributed by atoms with E-state index in [1.807, 2.05) is 17.1 Å². The Kier molecular flexibility index (Phi) is 4.21. The first kappa shape index (κ1) is 10.8. The first-order chi connectivity index (χ1) is 6.72. The summed E-state index contributed by atoms with van der Waals surface area (Å²) in [6, 6.07) is 0.504. The van der Waals surface area contributed by atoms with Gasteiger partial charge in [0.15, 0.2) is 0 Å². The molecule has 1 heterocycles. The van der Waals surface area contributed by atoms with Gasteiger partial charge in [-0.15, -0.1) is 12.3 Å². The molecule has 0 aliphatic rings. The Morgan fingerprint density at radius 2 is 2.43 bits per heavy atom. The van der Waals surface area contributed by atoms with Crippen molar-refractivity contribution in [3.05, 3.63) is 18.0 Å². The van der Waals surface area contributed by atoms with Gasteiger partial charge < -0.3 is 5.32 Å². The second kappa shape index (κ2) is 5.46. The second-order valence-corrected chi connectivity index (χ2v) is 3.60. The highest BCUT2D eigenvalue weighted by atomic mass is 15.3. The molecular weight excluding hydrogens is 174 g/mol. The fraction of sp³-hybridized carbons (Fsp3) is 0.545. The summed E-state index contributed by atoms with van der Waals surface area (Å²) >= 11 is 0. The van der Waals surface area contributed by atoms with E-state index in [1.165, 1.54) is 5.56 Å². The zero-order chi connectivity index (χ0) is 10.4. The summed E-state index contributed by atoms with van der Waals surface area (Å²) in [6.07, 6.45) is 9.83. The molecule has 3 heteroatoms. The molecule has 3 nitrogen and oxygen atoms in total. The molecule has 0 spiro atoms. The van der Waals surface area contributed by atoms with Crippen molar-refractivity contribution in [2.45, 2.75) is 39.4 Å². The highest BCUT2D eigenvalue weighted by molar-refractivity contribution is 5.03. The number of hydrogen-bond acceptors (Lipinski definition) is 2. The zero-order valence-electron chi connectivity index (χ0n) is 8.83. The summed E-state index contributed by atoms with van der Waals surface area (Å²) in [4.78, 5) is 0. The van der Waals surface area contributed by atoms with Gasteiger partial charge in [0, 0.05) is 30.8 Å². The van der Waals surface area contributed by atoms with Crippen LogP contribution in [0.5, 0.6) is 0 Å². The van der Waals surface area contributed by atoms with Gasteiger partial charge >= 0.3 is 0 Å². The number of nitrogens with zero attached hydrogens (tertiary/aromatic N) is 2. The van der Waals surface area contributed by atoms with E-state index in [0.29, 0.717) is 6.04 Å². The quantitative estimate of drug-likeness (QED) is 0.713. The minimum atomic E-state index is 0.504. The molecule has 0 fully saturated rings. The molecule has 76 valence electrons. The van der Waals surface area contributed by atoms with Crippen molar-refractivity contribution in [2.75, 3.05) is 0 Å². The third-order valence-electron chi connectivity index (χ3n) is 1.89. The minimum Gasteiger partial charge on any atom is -0.310 e. The van der Waals surface area contributed by atoms with Gasteiger partial charge in [-0.05, 0) is 0 Å². The SMILES string of the molecule is C#CCCn1cc(CNC(C)C)cn1. The van der Waals surface area contributed by atoms with E-state index in [1.54, 1.807) is 0 Å². The van der Waals surface area contributed by atoms with Gasteiger partial charge in [-0.2, -0.15) is 5.10 Å². The zero-order valence-corrected chi connectivity index (χ0v) is 8.83. The van der Waals surface area contributed by atoms with Crippen LogP contribution in [0, 0.1) is 12.3 Å². The summed E-state index contributed by atoms with van der Waals surface area (Å²) < 4.78 is 1.89. The number of aromatic nitrogens is 2. The fourth-order valence-corrected chi connectivity index (χ4v) is 1.12. The highest BCUT2D eigenvalue weighted by Gasteiger charge is 1.98. The van der Waals surface area contributed by atoms with E-state index in [-0.39, 0.29) is 0 Å². The maximum absolute atomic E-state index is 5.18. The Morgan fingerprint density at radius 1 is 1.64 bits per heavy atom. The van der Waals surface area contributed by atoms with Crippen LogP contribution >= 0.6 is 0 Å². The summed E-state index contributed by atoms with van der Waals surface area (Å²) in [7, 11) is 0. The third-order valence-corrected chi connectivity index (χ3v) is 1.89. The number of nitrogens with one attached hydrogen (secondary N) is 1. The van der Waals surface area contributed by atoms with Crippen LogP contribution in [0.25, 0.3) is 0 Å². The van der Waals surface area contributed by atoms with Gasteiger partial charge in [-0.25, -0.2) is 0 Å². The lowest BCUT2D eigenvalue weighted by Crippen LogP contribution is -2.21. The molecule has 0 saturated carbocycles. The van der Waals surface area contributed by atoms with Gasteiger partial charge in [0.25, 0.3) is 0 Å². The van der Waals surface area contributed by atoms with Gasteiger partial charge in [0.2, 0.25) is 0 Å². The molecule has 0 saturated heterocycles. The number of hydrogen-bond donors (Lipinski definition) is 1. The highest BCUT2D eigenvalue weighted by Crippen LogP contribution is 1.98. The normalized spacial score (nSPS) is 10.4. The van der Waals surface area contributed by atoms with E-state index < -0.39 is 0 Å². The molecule has 0 atom stereocenters. The molecule has 0 amide bonds. The van der Waals surface area contributed by atoms with Gasteiger partial charge in [-0.3, -0.25) is 4.68 Å². The van der Waals surface area contributed by atoms with Crippen molar-refractivity contribution in [1.29, 1.82) is 0 Å². The van der Waals surface area contributed by atoms with Crippen LogP contribution in [0.3, 0.4) is 0 Å². The van der Waals surface area contributed by atoms with Crippen molar-refractivity contribution in [1.82, 2.24) is 15.1 Å². The van der Waals surface area contributed by atoms with Crippen LogP contribution in [0.4, 0.5) is 0 Å². The molecule has 1 rings (SSSR count). The summed E-state index contributed by atoms with van der Waals surface area (Å²) in [6.45, 7) is 5.93. The molecule has 0 radical (unpaired) electrons. The van der Waals surface area contributed by atoms with Crippen LogP contribution in [0.1, 0.15) is 25.8 Å². The molecule has 0 unspecified atom stereocenters.